The average molecular weight is 290 g/mol. The number of rotatable bonds is 4. The molecule has 1 rings (SSSR count). The minimum Gasteiger partial charge on any atom is -0.504 e. The van der Waals surface area contributed by atoms with Crippen LogP contribution in [0.3, 0.4) is 0 Å². The van der Waals surface area contributed by atoms with E-state index in [4.69, 9.17) is 10.5 Å². The Balaban J connectivity index is 0.00000324. The number of hydrogen-bond acceptors (Lipinski definition) is 4. The van der Waals surface area contributed by atoms with Gasteiger partial charge in [0.25, 0.3) is 0 Å². The smallest absolute Gasteiger partial charge is 0.160 e. The van der Waals surface area contributed by atoms with Crippen molar-refractivity contribution in [3.63, 3.8) is 0 Å². The molecule has 4 N–H and O–H groups in total. The summed E-state index contributed by atoms with van der Waals surface area (Å²) in [5, 5.41) is 19.8. The third-order valence-electron chi connectivity index (χ3n) is 3.18. The number of phenols is 1. The highest BCUT2D eigenvalue weighted by molar-refractivity contribution is 5.85. The van der Waals surface area contributed by atoms with Crippen molar-refractivity contribution in [1.82, 2.24) is 0 Å². The maximum atomic E-state index is 10.1. The molecule has 1 aromatic rings. The first-order valence-corrected chi connectivity index (χ1v) is 6.06. The van der Waals surface area contributed by atoms with Gasteiger partial charge in [-0.25, -0.2) is 0 Å². The van der Waals surface area contributed by atoms with Crippen molar-refractivity contribution >= 4 is 12.4 Å². The third-order valence-corrected chi connectivity index (χ3v) is 3.18. The van der Waals surface area contributed by atoms with Crippen LogP contribution < -0.4 is 10.5 Å². The molecule has 0 aliphatic heterocycles. The average Bonchev–Trinajstić information content (AvgIpc) is 2.27. The highest BCUT2D eigenvalue weighted by atomic mass is 35.5. The molecule has 0 fully saturated rings. The van der Waals surface area contributed by atoms with Crippen molar-refractivity contribution in [1.29, 1.82) is 0 Å². The Morgan fingerprint density at radius 1 is 1.32 bits per heavy atom. The minimum atomic E-state index is -0.684. The molecule has 0 spiro atoms. The van der Waals surface area contributed by atoms with Crippen LogP contribution in [0.5, 0.6) is 11.5 Å². The minimum absolute atomic E-state index is 0. The van der Waals surface area contributed by atoms with Crippen LogP contribution in [0, 0.1) is 5.41 Å². The van der Waals surface area contributed by atoms with Crippen molar-refractivity contribution < 1.29 is 14.9 Å². The summed E-state index contributed by atoms with van der Waals surface area (Å²) in [4.78, 5) is 0. The summed E-state index contributed by atoms with van der Waals surface area (Å²) in [7, 11) is 1.49. The molecule has 0 saturated carbocycles. The molecule has 0 radical (unpaired) electrons. The lowest BCUT2D eigenvalue weighted by molar-refractivity contribution is 0.133. The number of benzene rings is 1. The molecule has 5 heteroatoms. The van der Waals surface area contributed by atoms with Gasteiger partial charge < -0.3 is 20.7 Å². The van der Waals surface area contributed by atoms with Crippen molar-refractivity contribution in [3.05, 3.63) is 23.8 Å². The standard InChI is InChI=1S/C14H23NO3.ClH/c1-14(2,3)13(15)8-10(16)9-5-6-12(18-4)11(17)7-9;/h5-7,10,13,16-17H,8,15H2,1-4H3;1H/t10-,13+;/m1./s1. The zero-order chi connectivity index (χ0) is 13.9. The summed E-state index contributed by atoms with van der Waals surface area (Å²) < 4.78 is 4.96. The van der Waals surface area contributed by atoms with Gasteiger partial charge in [0.05, 0.1) is 13.2 Å². The van der Waals surface area contributed by atoms with Gasteiger partial charge in [-0.15, -0.1) is 12.4 Å². The molecule has 0 aliphatic rings. The largest absolute Gasteiger partial charge is 0.504 e. The lowest BCUT2D eigenvalue weighted by atomic mass is 9.83. The van der Waals surface area contributed by atoms with Gasteiger partial charge >= 0.3 is 0 Å². The van der Waals surface area contributed by atoms with E-state index in [1.54, 1.807) is 12.1 Å². The van der Waals surface area contributed by atoms with E-state index in [0.717, 1.165) is 0 Å². The summed E-state index contributed by atoms with van der Waals surface area (Å²) in [5.41, 5.74) is 6.62. The molecule has 0 aliphatic carbocycles. The number of methoxy groups -OCH3 is 1. The van der Waals surface area contributed by atoms with Crippen LogP contribution in [0.2, 0.25) is 0 Å². The molecule has 1 aromatic carbocycles. The summed E-state index contributed by atoms with van der Waals surface area (Å²) in [5.74, 6) is 0.421. The molecule has 0 aromatic heterocycles. The van der Waals surface area contributed by atoms with E-state index in [0.29, 0.717) is 17.7 Å². The second-order valence-electron chi connectivity index (χ2n) is 5.66. The number of halogens is 1. The van der Waals surface area contributed by atoms with Crippen LogP contribution in [0.4, 0.5) is 0 Å². The molecule has 0 heterocycles. The molecule has 110 valence electrons. The lowest BCUT2D eigenvalue weighted by Crippen LogP contribution is -2.36. The first-order valence-electron chi connectivity index (χ1n) is 6.06. The van der Waals surface area contributed by atoms with Crippen LogP contribution in [0.25, 0.3) is 0 Å². The Bertz CT molecular complexity index is 404. The van der Waals surface area contributed by atoms with Crippen molar-refractivity contribution in [3.8, 4) is 11.5 Å². The first kappa shape index (κ1) is 18.0. The summed E-state index contributed by atoms with van der Waals surface area (Å²) in [6.45, 7) is 6.11. The third kappa shape index (κ3) is 4.90. The fraction of sp³-hybridized carbons (Fsp3) is 0.571. The Morgan fingerprint density at radius 2 is 1.89 bits per heavy atom. The van der Waals surface area contributed by atoms with Gasteiger partial charge in [-0.2, -0.15) is 0 Å². The predicted octanol–water partition coefficient (Wildman–Crippen LogP) is 2.62. The Kier molecular flexibility index (Phi) is 6.63. The van der Waals surface area contributed by atoms with E-state index in [2.05, 4.69) is 0 Å². The van der Waals surface area contributed by atoms with Crippen LogP contribution in [0.15, 0.2) is 18.2 Å². The number of aliphatic hydroxyl groups is 1. The van der Waals surface area contributed by atoms with Crippen molar-refractivity contribution in [2.45, 2.75) is 39.3 Å². The zero-order valence-electron chi connectivity index (χ0n) is 11.9. The van der Waals surface area contributed by atoms with Crippen LogP contribution >= 0.6 is 12.4 Å². The highest BCUT2D eigenvalue weighted by Crippen LogP contribution is 2.32. The summed E-state index contributed by atoms with van der Waals surface area (Å²) in [6, 6.07) is 4.77. The summed E-state index contributed by atoms with van der Waals surface area (Å²) >= 11 is 0. The first-order chi connectivity index (χ1) is 8.25. The van der Waals surface area contributed by atoms with Gasteiger partial charge in [0, 0.05) is 6.04 Å². The van der Waals surface area contributed by atoms with E-state index >= 15 is 0 Å². The van der Waals surface area contributed by atoms with E-state index in [1.165, 1.54) is 13.2 Å². The lowest BCUT2D eigenvalue weighted by Gasteiger charge is -2.29. The highest BCUT2D eigenvalue weighted by Gasteiger charge is 2.24. The molecule has 0 bridgehead atoms. The summed E-state index contributed by atoms with van der Waals surface area (Å²) in [6.07, 6.45) is -0.231. The Morgan fingerprint density at radius 3 is 2.32 bits per heavy atom. The number of ether oxygens (including phenoxy) is 1. The maximum absolute atomic E-state index is 10.1. The predicted molar refractivity (Wildman–Crippen MR) is 78.9 cm³/mol. The Labute approximate surface area is 121 Å². The topological polar surface area (TPSA) is 75.7 Å². The van der Waals surface area contributed by atoms with Crippen LogP contribution in [0.1, 0.15) is 38.9 Å². The van der Waals surface area contributed by atoms with Crippen molar-refractivity contribution in [2.75, 3.05) is 7.11 Å². The van der Waals surface area contributed by atoms with E-state index in [9.17, 15) is 10.2 Å². The molecule has 0 saturated heterocycles. The van der Waals surface area contributed by atoms with Crippen molar-refractivity contribution in [2.24, 2.45) is 11.1 Å². The zero-order valence-corrected chi connectivity index (χ0v) is 12.7. The molecule has 19 heavy (non-hydrogen) atoms. The number of aliphatic hydroxyl groups excluding tert-OH is 1. The molecule has 0 unspecified atom stereocenters. The van der Waals surface area contributed by atoms with Crippen LogP contribution in [-0.4, -0.2) is 23.4 Å². The van der Waals surface area contributed by atoms with Gasteiger partial charge in [0.2, 0.25) is 0 Å². The number of nitrogens with two attached hydrogens (primary N) is 1. The monoisotopic (exact) mass is 289 g/mol. The van der Waals surface area contributed by atoms with Gasteiger partial charge in [-0.05, 0) is 29.5 Å². The SMILES string of the molecule is COc1ccc([C@H](O)C[C@H](N)C(C)(C)C)cc1O.Cl. The second kappa shape index (κ2) is 6.98. The fourth-order valence-electron chi connectivity index (χ4n) is 1.64. The van der Waals surface area contributed by atoms with Gasteiger partial charge in [-0.1, -0.05) is 26.8 Å². The molecule has 4 nitrogen and oxygen atoms in total. The normalized spacial score (nSPS) is 14.4. The van der Waals surface area contributed by atoms with E-state index in [-0.39, 0.29) is 29.6 Å². The molecular weight excluding hydrogens is 266 g/mol. The molecule has 0 amide bonds. The Hall–Kier alpha value is -0.970. The number of aromatic hydroxyl groups is 1. The van der Waals surface area contributed by atoms with Gasteiger partial charge in [0.1, 0.15) is 0 Å². The fourth-order valence-corrected chi connectivity index (χ4v) is 1.64. The molecular formula is C14H24ClNO3. The molecule has 2 atom stereocenters. The quantitative estimate of drug-likeness (QED) is 0.796. The number of phenolic OH excluding ortho intramolecular Hbond substituents is 1. The van der Waals surface area contributed by atoms with Gasteiger partial charge in [0.15, 0.2) is 11.5 Å². The van der Waals surface area contributed by atoms with Gasteiger partial charge in [-0.3, -0.25) is 0 Å². The maximum Gasteiger partial charge on any atom is 0.160 e. The van der Waals surface area contributed by atoms with Crippen LogP contribution in [-0.2, 0) is 0 Å². The number of hydrogen-bond donors (Lipinski definition) is 3. The van der Waals surface area contributed by atoms with E-state index in [1.807, 2.05) is 20.8 Å². The second-order valence-corrected chi connectivity index (χ2v) is 5.66. The van der Waals surface area contributed by atoms with E-state index < -0.39 is 6.10 Å².